The van der Waals surface area contributed by atoms with Crippen molar-refractivity contribution in [1.82, 2.24) is 9.88 Å². The Kier molecular flexibility index (Phi) is 4.87. The van der Waals surface area contributed by atoms with Crippen molar-refractivity contribution in [3.05, 3.63) is 34.4 Å². The van der Waals surface area contributed by atoms with Crippen molar-refractivity contribution in [3.63, 3.8) is 0 Å². The van der Waals surface area contributed by atoms with Gasteiger partial charge in [0.05, 0.1) is 5.52 Å². The second kappa shape index (κ2) is 6.86. The summed E-state index contributed by atoms with van der Waals surface area (Å²) in [6.45, 7) is 0. The number of rotatable bonds is 2. The van der Waals surface area contributed by atoms with Crippen LogP contribution in [0.3, 0.4) is 0 Å². The molecular weight excluding hydrogens is 340 g/mol. The van der Waals surface area contributed by atoms with Gasteiger partial charge in [-0.15, -0.1) is 0 Å². The number of hydrogen-bond acceptors (Lipinski definition) is 1. The Bertz CT molecular complexity index is 669. The lowest BCUT2D eigenvalue weighted by atomic mass is 9.92. The Balaban J connectivity index is 1.99. The van der Waals surface area contributed by atoms with E-state index in [9.17, 15) is 4.79 Å². The van der Waals surface area contributed by atoms with Crippen molar-refractivity contribution in [1.29, 1.82) is 0 Å². The second-order valence-corrected chi connectivity index (χ2v) is 7.13. The van der Waals surface area contributed by atoms with Crippen molar-refractivity contribution in [2.24, 2.45) is 5.92 Å². The molecule has 1 N–H and O–H groups in total. The standard InChI is InChI=1S/C18H23BrN2O/c1-20-18(22)21-12-14(11-13-7-4-2-3-5-8-13)17-15(19)9-6-10-16(17)21/h6,9-10,12-13H,2-5,7-8,11H2,1H3,(H,20,22). The zero-order valence-electron chi connectivity index (χ0n) is 13.1. The number of nitrogens with zero attached hydrogens (tertiary/aromatic N) is 1. The first-order valence-corrected chi connectivity index (χ1v) is 9.00. The number of halogens is 1. The molecule has 1 heterocycles. The molecule has 0 saturated heterocycles. The third-order valence-electron chi connectivity index (χ3n) is 4.77. The summed E-state index contributed by atoms with van der Waals surface area (Å²) >= 11 is 3.67. The molecule has 0 unspecified atom stereocenters. The van der Waals surface area contributed by atoms with Gasteiger partial charge >= 0.3 is 6.03 Å². The fraction of sp³-hybridized carbons (Fsp3) is 0.500. The summed E-state index contributed by atoms with van der Waals surface area (Å²) < 4.78 is 2.82. The Morgan fingerprint density at radius 1 is 1.27 bits per heavy atom. The van der Waals surface area contributed by atoms with Gasteiger partial charge in [0.2, 0.25) is 0 Å². The van der Waals surface area contributed by atoms with Gasteiger partial charge in [0.25, 0.3) is 0 Å². The Morgan fingerprint density at radius 3 is 2.68 bits per heavy atom. The minimum atomic E-state index is -0.0739. The Hall–Kier alpha value is -1.29. The fourth-order valence-corrected chi connectivity index (χ4v) is 4.25. The summed E-state index contributed by atoms with van der Waals surface area (Å²) in [7, 11) is 1.68. The van der Waals surface area contributed by atoms with E-state index in [1.165, 1.54) is 49.5 Å². The van der Waals surface area contributed by atoms with Crippen LogP contribution in [0.1, 0.15) is 44.1 Å². The highest BCUT2D eigenvalue weighted by atomic mass is 79.9. The minimum absolute atomic E-state index is 0.0739. The van der Waals surface area contributed by atoms with Crippen LogP contribution in [0.5, 0.6) is 0 Å². The molecule has 0 aliphatic heterocycles. The highest BCUT2D eigenvalue weighted by Gasteiger charge is 2.19. The first kappa shape index (κ1) is 15.6. The molecule has 3 nitrogen and oxygen atoms in total. The number of amides is 1. The molecule has 1 aromatic heterocycles. The highest BCUT2D eigenvalue weighted by Crippen LogP contribution is 2.33. The zero-order valence-corrected chi connectivity index (χ0v) is 14.7. The highest BCUT2D eigenvalue weighted by molar-refractivity contribution is 9.10. The fourth-order valence-electron chi connectivity index (χ4n) is 3.64. The maximum absolute atomic E-state index is 12.1. The summed E-state index contributed by atoms with van der Waals surface area (Å²) in [6, 6.07) is 6.00. The van der Waals surface area contributed by atoms with Gasteiger partial charge in [0, 0.05) is 23.1 Å². The van der Waals surface area contributed by atoms with Crippen molar-refractivity contribution in [2.45, 2.75) is 44.9 Å². The van der Waals surface area contributed by atoms with Crippen LogP contribution in [-0.4, -0.2) is 17.6 Å². The van der Waals surface area contributed by atoms with Crippen LogP contribution in [0.25, 0.3) is 10.9 Å². The normalized spacial score (nSPS) is 16.6. The molecule has 0 bridgehead atoms. The molecule has 1 aliphatic rings. The molecule has 3 rings (SSSR count). The SMILES string of the molecule is CNC(=O)n1cc(CC2CCCCCC2)c2c(Br)cccc21. The van der Waals surface area contributed by atoms with E-state index >= 15 is 0 Å². The molecular formula is C18H23BrN2O. The minimum Gasteiger partial charge on any atom is -0.340 e. The molecule has 1 saturated carbocycles. The lowest BCUT2D eigenvalue weighted by Gasteiger charge is -2.13. The van der Waals surface area contributed by atoms with Gasteiger partial charge in [-0.2, -0.15) is 0 Å². The molecule has 0 radical (unpaired) electrons. The molecule has 4 heteroatoms. The number of carbonyl (C=O) groups is 1. The van der Waals surface area contributed by atoms with E-state index in [-0.39, 0.29) is 6.03 Å². The third kappa shape index (κ3) is 3.07. The maximum atomic E-state index is 12.1. The van der Waals surface area contributed by atoms with E-state index in [0.717, 1.165) is 22.3 Å². The summed E-state index contributed by atoms with van der Waals surface area (Å²) in [5.74, 6) is 0.748. The summed E-state index contributed by atoms with van der Waals surface area (Å²) in [4.78, 5) is 12.1. The summed E-state index contributed by atoms with van der Waals surface area (Å²) in [5.41, 5.74) is 2.27. The van der Waals surface area contributed by atoms with Crippen LogP contribution in [0.2, 0.25) is 0 Å². The molecule has 0 spiro atoms. The molecule has 1 aliphatic carbocycles. The van der Waals surface area contributed by atoms with E-state index in [1.807, 2.05) is 18.3 Å². The van der Waals surface area contributed by atoms with Gasteiger partial charge in [-0.05, 0) is 30.0 Å². The number of benzene rings is 1. The number of nitrogens with one attached hydrogen (secondary N) is 1. The first-order chi connectivity index (χ1) is 10.7. The summed E-state index contributed by atoms with van der Waals surface area (Å²) in [6.07, 6.45) is 11.2. The number of fused-ring (bicyclic) bond motifs is 1. The smallest absolute Gasteiger partial charge is 0.325 e. The van der Waals surface area contributed by atoms with E-state index in [1.54, 1.807) is 11.6 Å². The molecule has 1 amide bonds. The quantitative estimate of drug-likeness (QED) is 0.740. The Morgan fingerprint density at radius 2 is 2.00 bits per heavy atom. The molecule has 0 atom stereocenters. The molecule has 2 aromatic rings. The predicted octanol–water partition coefficient (Wildman–Crippen LogP) is 5.10. The van der Waals surface area contributed by atoms with Gasteiger partial charge in [-0.1, -0.05) is 60.5 Å². The van der Waals surface area contributed by atoms with Crippen LogP contribution < -0.4 is 5.32 Å². The van der Waals surface area contributed by atoms with Gasteiger partial charge in [-0.25, -0.2) is 4.79 Å². The lowest BCUT2D eigenvalue weighted by molar-refractivity contribution is 0.245. The number of hydrogen-bond donors (Lipinski definition) is 1. The second-order valence-electron chi connectivity index (χ2n) is 6.28. The van der Waals surface area contributed by atoms with Crippen molar-refractivity contribution >= 4 is 32.9 Å². The van der Waals surface area contributed by atoms with Crippen LogP contribution >= 0.6 is 15.9 Å². The topological polar surface area (TPSA) is 34.0 Å². The average molecular weight is 363 g/mol. The van der Waals surface area contributed by atoms with Crippen molar-refractivity contribution < 1.29 is 4.79 Å². The molecule has 1 fully saturated rings. The van der Waals surface area contributed by atoms with E-state index in [2.05, 4.69) is 27.3 Å². The van der Waals surface area contributed by atoms with Crippen LogP contribution in [-0.2, 0) is 6.42 Å². The third-order valence-corrected chi connectivity index (χ3v) is 5.43. The van der Waals surface area contributed by atoms with E-state index < -0.39 is 0 Å². The first-order valence-electron chi connectivity index (χ1n) is 8.21. The average Bonchev–Trinajstić information content (AvgIpc) is 2.70. The van der Waals surface area contributed by atoms with Crippen LogP contribution in [0.4, 0.5) is 4.79 Å². The Labute approximate surface area is 140 Å². The number of aromatic nitrogens is 1. The van der Waals surface area contributed by atoms with Gasteiger partial charge < -0.3 is 5.32 Å². The predicted molar refractivity (Wildman–Crippen MR) is 94.4 cm³/mol. The number of carbonyl (C=O) groups excluding carboxylic acids is 1. The monoisotopic (exact) mass is 362 g/mol. The largest absolute Gasteiger partial charge is 0.340 e. The molecule has 1 aromatic carbocycles. The van der Waals surface area contributed by atoms with Gasteiger partial charge in [0.15, 0.2) is 0 Å². The van der Waals surface area contributed by atoms with Gasteiger partial charge in [-0.3, -0.25) is 4.57 Å². The molecule has 118 valence electrons. The van der Waals surface area contributed by atoms with Crippen LogP contribution in [0.15, 0.2) is 28.9 Å². The summed E-state index contributed by atoms with van der Waals surface area (Å²) in [5, 5.41) is 3.92. The van der Waals surface area contributed by atoms with Gasteiger partial charge in [0.1, 0.15) is 0 Å². The van der Waals surface area contributed by atoms with E-state index in [4.69, 9.17) is 0 Å². The lowest BCUT2D eigenvalue weighted by Crippen LogP contribution is -2.23. The molecule has 22 heavy (non-hydrogen) atoms. The van der Waals surface area contributed by atoms with Crippen LogP contribution in [0, 0.1) is 5.92 Å². The zero-order chi connectivity index (χ0) is 15.5. The maximum Gasteiger partial charge on any atom is 0.325 e. The van der Waals surface area contributed by atoms with Crippen molar-refractivity contribution in [3.8, 4) is 0 Å². The van der Waals surface area contributed by atoms with E-state index in [0.29, 0.717) is 0 Å². The van der Waals surface area contributed by atoms with Crippen molar-refractivity contribution in [2.75, 3.05) is 7.05 Å².